The van der Waals surface area contributed by atoms with E-state index in [0.29, 0.717) is 5.92 Å². The predicted molar refractivity (Wildman–Crippen MR) is 64.4 cm³/mol. The van der Waals surface area contributed by atoms with E-state index in [1.165, 1.54) is 0 Å². The fourth-order valence-corrected chi connectivity index (χ4v) is 1.98. The summed E-state index contributed by atoms with van der Waals surface area (Å²) < 4.78 is 0. The Hall–Kier alpha value is -1.48. The Morgan fingerprint density at radius 1 is 1.44 bits per heavy atom. The average molecular weight is 238 g/mol. The number of rotatable bonds is 2. The summed E-state index contributed by atoms with van der Waals surface area (Å²) in [4.78, 5) is 13.7. The van der Waals surface area contributed by atoms with E-state index < -0.39 is 5.97 Å². The van der Waals surface area contributed by atoms with E-state index in [-0.39, 0.29) is 10.7 Å². The minimum absolute atomic E-state index is 0.0533. The number of aromatic amines is 1. The zero-order valence-corrected chi connectivity index (χ0v) is 9.80. The molecule has 0 amide bonds. The molecular weight excluding hydrogens is 226 g/mol. The van der Waals surface area contributed by atoms with Crippen molar-refractivity contribution in [3.63, 3.8) is 0 Å². The molecule has 0 aliphatic carbocycles. The van der Waals surface area contributed by atoms with Crippen LogP contribution < -0.4 is 0 Å². The van der Waals surface area contributed by atoms with E-state index in [0.717, 1.165) is 16.5 Å². The predicted octanol–water partition coefficient (Wildman–Crippen LogP) is 3.64. The lowest BCUT2D eigenvalue weighted by Gasteiger charge is -2.04. The molecule has 1 aromatic carbocycles. The maximum atomic E-state index is 10.9. The molecule has 0 saturated carbocycles. The van der Waals surface area contributed by atoms with Crippen molar-refractivity contribution in [3.8, 4) is 0 Å². The van der Waals surface area contributed by atoms with Crippen LogP contribution in [0.3, 0.4) is 0 Å². The molecule has 0 saturated heterocycles. The molecule has 2 N–H and O–H groups in total. The SMILES string of the molecule is CC(C)c1ccc2c(Cl)c(C(=O)O)[nH]c2c1. The fourth-order valence-electron chi connectivity index (χ4n) is 1.69. The normalized spacial score (nSPS) is 11.2. The standard InChI is InChI=1S/C12H12ClNO2/c1-6(2)7-3-4-8-9(5-7)14-11(10(8)13)12(15)16/h3-6,14H,1-2H3,(H,15,16). The lowest BCUT2D eigenvalue weighted by atomic mass is 10.0. The van der Waals surface area contributed by atoms with Gasteiger partial charge in [-0.2, -0.15) is 0 Å². The quantitative estimate of drug-likeness (QED) is 0.838. The average Bonchev–Trinajstić information content (AvgIpc) is 2.55. The van der Waals surface area contributed by atoms with Gasteiger partial charge in [-0.25, -0.2) is 4.79 Å². The van der Waals surface area contributed by atoms with E-state index in [1.807, 2.05) is 18.2 Å². The molecular formula is C12H12ClNO2. The number of hydrogen-bond acceptors (Lipinski definition) is 1. The van der Waals surface area contributed by atoms with E-state index >= 15 is 0 Å². The van der Waals surface area contributed by atoms with Crippen LogP contribution in [0.15, 0.2) is 18.2 Å². The summed E-state index contributed by atoms with van der Waals surface area (Å²) >= 11 is 5.97. The lowest BCUT2D eigenvalue weighted by molar-refractivity contribution is 0.0692. The number of nitrogens with one attached hydrogen (secondary N) is 1. The van der Waals surface area contributed by atoms with Crippen molar-refractivity contribution >= 4 is 28.5 Å². The Labute approximate surface area is 98.0 Å². The van der Waals surface area contributed by atoms with E-state index in [4.69, 9.17) is 16.7 Å². The summed E-state index contributed by atoms with van der Waals surface area (Å²) in [6.45, 7) is 4.17. The third kappa shape index (κ3) is 1.67. The number of H-pyrrole nitrogens is 1. The Morgan fingerprint density at radius 2 is 2.12 bits per heavy atom. The van der Waals surface area contributed by atoms with Gasteiger partial charge in [0.2, 0.25) is 0 Å². The summed E-state index contributed by atoms with van der Waals surface area (Å²) in [7, 11) is 0. The molecule has 0 radical (unpaired) electrons. The van der Waals surface area contributed by atoms with Crippen molar-refractivity contribution < 1.29 is 9.90 Å². The Bertz CT molecular complexity index is 557. The van der Waals surface area contributed by atoms with Crippen LogP contribution in [0, 0.1) is 0 Å². The highest BCUT2D eigenvalue weighted by atomic mass is 35.5. The molecule has 0 aliphatic rings. The second-order valence-corrected chi connectivity index (χ2v) is 4.46. The van der Waals surface area contributed by atoms with Crippen molar-refractivity contribution in [2.75, 3.05) is 0 Å². The number of halogens is 1. The van der Waals surface area contributed by atoms with Gasteiger partial charge in [0.25, 0.3) is 0 Å². The monoisotopic (exact) mass is 237 g/mol. The number of fused-ring (bicyclic) bond motifs is 1. The van der Waals surface area contributed by atoms with Crippen LogP contribution in [0.5, 0.6) is 0 Å². The maximum Gasteiger partial charge on any atom is 0.353 e. The summed E-state index contributed by atoms with van der Waals surface area (Å²) in [5, 5.41) is 9.96. The minimum Gasteiger partial charge on any atom is -0.477 e. The summed E-state index contributed by atoms with van der Waals surface area (Å²) in [5.74, 6) is -0.632. The minimum atomic E-state index is -1.03. The second kappa shape index (κ2) is 3.83. The second-order valence-electron chi connectivity index (χ2n) is 4.08. The smallest absolute Gasteiger partial charge is 0.353 e. The van der Waals surface area contributed by atoms with Crippen LogP contribution in [0.4, 0.5) is 0 Å². The first kappa shape index (κ1) is 11.0. The topological polar surface area (TPSA) is 53.1 Å². The fraction of sp³-hybridized carbons (Fsp3) is 0.250. The molecule has 4 heteroatoms. The molecule has 0 unspecified atom stereocenters. The van der Waals surface area contributed by atoms with Crippen molar-refractivity contribution in [3.05, 3.63) is 34.5 Å². The van der Waals surface area contributed by atoms with Gasteiger partial charge in [0, 0.05) is 10.9 Å². The summed E-state index contributed by atoms with van der Waals surface area (Å²) in [6, 6.07) is 5.77. The molecule has 1 aromatic heterocycles. The highest BCUT2D eigenvalue weighted by molar-refractivity contribution is 6.38. The molecule has 2 aromatic rings. The number of benzene rings is 1. The molecule has 0 spiro atoms. The Morgan fingerprint density at radius 3 is 2.69 bits per heavy atom. The van der Waals surface area contributed by atoms with Crippen molar-refractivity contribution in [1.82, 2.24) is 4.98 Å². The number of carboxylic acid groups (broad SMARTS) is 1. The summed E-state index contributed by atoms with van der Waals surface area (Å²) in [6.07, 6.45) is 0. The van der Waals surface area contributed by atoms with E-state index in [1.54, 1.807) is 0 Å². The van der Waals surface area contributed by atoms with Gasteiger partial charge in [0.15, 0.2) is 0 Å². The third-order valence-electron chi connectivity index (χ3n) is 2.64. The van der Waals surface area contributed by atoms with Gasteiger partial charge in [-0.05, 0) is 17.5 Å². The van der Waals surface area contributed by atoms with Crippen LogP contribution in [0.25, 0.3) is 10.9 Å². The molecule has 84 valence electrons. The van der Waals surface area contributed by atoms with Gasteiger partial charge in [-0.15, -0.1) is 0 Å². The molecule has 1 heterocycles. The number of hydrogen-bond donors (Lipinski definition) is 2. The largest absolute Gasteiger partial charge is 0.477 e. The first-order chi connectivity index (χ1) is 7.50. The van der Waals surface area contributed by atoms with Crippen LogP contribution in [0.2, 0.25) is 5.02 Å². The van der Waals surface area contributed by atoms with Gasteiger partial charge >= 0.3 is 5.97 Å². The number of aromatic nitrogens is 1. The Balaban J connectivity index is 2.67. The number of carboxylic acids is 1. The van der Waals surface area contributed by atoms with E-state index in [9.17, 15) is 4.79 Å². The molecule has 0 aliphatic heterocycles. The molecule has 0 fully saturated rings. The van der Waals surface area contributed by atoms with Gasteiger partial charge in [-0.3, -0.25) is 0 Å². The first-order valence-electron chi connectivity index (χ1n) is 5.05. The molecule has 0 bridgehead atoms. The molecule has 3 nitrogen and oxygen atoms in total. The van der Waals surface area contributed by atoms with Crippen molar-refractivity contribution in [2.24, 2.45) is 0 Å². The van der Waals surface area contributed by atoms with Gasteiger partial charge < -0.3 is 10.1 Å². The zero-order valence-electron chi connectivity index (χ0n) is 9.04. The van der Waals surface area contributed by atoms with Crippen molar-refractivity contribution in [1.29, 1.82) is 0 Å². The molecule has 16 heavy (non-hydrogen) atoms. The highest BCUT2D eigenvalue weighted by Crippen LogP contribution is 2.29. The number of carbonyl (C=O) groups is 1. The van der Waals surface area contributed by atoms with Crippen LogP contribution in [-0.4, -0.2) is 16.1 Å². The third-order valence-corrected chi connectivity index (χ3v) is 3.03. The van der Waals surface area contributed by atoms with Gasteiger partial charge in [0.1, 0.15) is 5.69 Å². The Kier molecular flexibility index (Phi) is 2.64. The molecule has 2 rings (SSSR count). The van der Waals surface area contributed by atoms with Gasteiger partial charge in [0.05, 0.1) is 5.02 Å². The molecule has 0 atom stereocenters. The van der Waals surface area contributed by atoms with Crippen LogP contribution in [0.1, 0.15) is 35.8 Å². The van der Waals surface area contributed by atoms with Crippen LogP contribution >= 0.6 is 11.6 Å². The van der Waals surface area contributed by atoms with Crippen molar-refractivity contribution in [2.45, 2.75) is 19.8 Å². The lowest BCUT2D eigenvalue weighted by Crippen LogP contribution is -1.96. The van der Waals surface area contributed by atoms with E-state index in [2.05, 4.69) is 18.8 Å². The highest BCUT2D eigenvalue weighted by Gasteiger charge is 2.15. The zero-order chi connectivity index (χ0) is 11.9. The van der Waals surface area contributed by atoms with Crippen LogP contribution in [-0.2, 0) is 0 Å². The summed E-state index contributed by atoms with van der Waals surface area (Å²) in [5.41, 5.74) is 1.98. The number of aromatic carboxylic acids is 1. The maximum absolute atomic E-state index is 10.9. The first-order valence-corrected chi connectivity index (χ1v) is 5.43. The van der Waals surface area contributed by atoms with Gasteiger partial charge in [-0.1, -0.05) is 37.6 Å².